The Bertz CT molecular complexity index is 319. The smallest absolute Gasteiger partial charge is 0.173 e. The van der Waals surface area contributed by atoms with Gasteiger partial charge in [-0.2, -0.15) is 0 Å². The quantitative estimate of drug-likeness (QED) is 0.748. The van der Waals surface area contributed by atoms with Crippen molar-refractivity contribution in [2.45, 2.75) is 18.9 Å². The fourth-order valence-electron chi connectivity index (χ4n) is 1.36. The molecule has 0 aliphatic heterocycles. The second kappa shape index (κ2) is 3.96. The van der Waals surface area contributed by atoms with Crippen LogP contribution in [0.3, 0.4) is 0 Å². The van der Waals surface area contributed by atoms with Crippen molar-refractivity contribution in [3.05, 3.63) is 30.3 Å². The van der Waals surface area contributed by atoms with Crippen LogP contribution < -0.4 is 5.32 Å². The van der Waals surface area contributed by atoms with Gasteiger partial charge in [-0.1, -0.05) is 18.2 Å². The average Bonchev–Trinajstić information content (AvgIpc) is 3.01. The lowest BCUT2D eigenvalue weighted by atomic mass is 10.3. The van der Waals surface area contributed by atoms with Crippen molar-refractivity contribution in [2.24, 2.45) is 0 Å². The Hall–Kier alpha value is -1.09. The second-order valence-corrected chi connectivity index (χ2v) is 4.02. The van der Waals surface area contributed by atoms with Crippen LogP contribution >= 0.6 is 12.2 Å². The normalized spacial score (nSPS) is 14.9. The van der Waals surface area contributed by atoms with Crippen molar-refractivity contribution in [3.8, 4) is 0 Å². The number of hydrogen-bond acceptors (Lipinski definition) is 1. The molecule has 1 saturated carbocycles. The van der Waals surface area contributed by atoms with E-state index in [0.717, 1.165) is 10.8 Å². The number of nitrogens with one attached hydrogen (secondary N) is 1. The summed E-state index contributed by atoms with van der Waals surface area (Å²) in [7, 11) is 2.05. The molecule has 0 aromatic heterocycles. The van der Waals surface area contributed by atoms with E-state index in [-0.39, 0.29) is 0 Å². The van der Waals surface area contributed by atoms with Gasteiger partial charge < -0.3 is 10.2 Å². The van der Waals surface area contributed by atoms with Crippen LogP contribution in [0.15, 0.2) is 30.3 Å². The van der Waals surface area contributed by atoms with Crippen molar-refractivity contribution in [2.75, 3.05) is 12.4 Å². The van der Waals surface area contributed by atoms with Crippen LogP contribution in [0.2, 0.25) is 0 Å². The summed E-state index contributed by atoms with van der Waals surface area (Å²) in [5, 5.41) is 4.04. The van der Waals surface area contributed by atoms with Crippen LogP contribution in [-0.4, -0.2) is 23.1 Å². The molecule has 14 heavy (non-hydrogen) atoms. The fourth-order valence-corrected chi connectivity index (χ4v) is 1.63. The molecule has 3 heteroatoms. The lowest BCUT2D eigenvalue weighted by Gasteiger charge is -2.20. The molecule has 0 bridgehead atoms. The third kappa shape index (κ3) is 2.23. The number of anilines is 1. The first kappa shape index (κ1) is 9.46. The van der Waals surface area contributed by atoms with Gasteiger partial charge in [0.15, 0.2) is 5.11 Å². The highest BCUT2D eigenvalue weighted by Crippen LogP contribution is 2.25. The van der Waals surface area contributed by atoms with Gasteiger partial charge in [-0.05, 0) is 37.2 Å². The summed E-state index contributed by atoms with van der Waals surface area (Å²) in [4.78, 5) is 2.14. The molecule has 1 aromatic rings. The first-order chi connectivity index (χ1) is 6.77. The average molecular weight is 206 g/mol. The molecule has 1 N–H and O–H groups in total. The summed E-state index contributed by atoms with van der Waals surface area (Å²) in [5.41, 5.74) is 1.06. The number of thiocarbonyl (C=S) groups is 1. The van der Waals surface area contributed by atoms with Gasteiger partial charge >= 0.3 is 0 Å². The lowest BCUT2D eigenvalue weighted by molar-refractivity contribution is 0.503. The van der Waals surface area contributed by atoms with Crippen LogP contribution in [0.1, 0.15) is 12.8 Å². The van der Waals surface area contributed by atoms with Gasteiger partial charge in [-0.15, -0.1) is 0 Å². The minimum absolute atomic E-state index is 0.665. The van der Waals surface area contributed by atoms with Gasteiger partial charge in [0.2, 0.25) is 0 Å². The third-order valence-corrected chi connectivity index (χ3v) is 2.83. The van der Waals surface area contributed by atoms with Crippen molar-refractivity contribution < 1.29 is 0 Å². The van der Waals surface area contributed by atoms with Crippen molar-refractivity contribution in [3.63, 3.8) is 0 Å². The molecule has 0 saturated heterocycles. The standard InChI is InChI=1S/C11H14N2S/c1-13(10-7-8-10)11(14)12-9-5-3-2-4-6-9/h2-6,10H,7-8H2,1H3,(H,12,14). The van der Waals surface area contributed by atoms with Crippen molar-refractivity contribution >= 4 is 23.0 Å². The van der Waals surface area contributed by atoms with Gasteiger partial charge in [-0.25, -0.2) is 0 Å². The lowest BCUT2D eigenvalue weighted by Crippen LogP contribution is -2.32. The summed E-state index contributed by atoms with van der Waals surface area (Å²) < 4.78 is 0. The van der Waals surface area contributed by atoms with Gasteiger partial charge in [0, 0.05) is 18.8 Å². The Morgan fingerprint density at radius 1 is 1.36 bits per heavy atom. The van der Waals surface area contributed by atoms with Crippen molar-refractivity contribution in [1.29, 1.82) is 0 Å². The van der Waals surface area contributed by atoms with Crippen LogP contribution in [0, 0.1) is 0 Å². The SMILES string of the molecule is CN(C(=S)Nc1ccccc1)C1CC1. The molecule has 0 heterocycles. The van der Waals surface area contributed by atoms with Gasteiger partial charge in [0.1, 0.15) is 0 Å². The van der Waals surface area contributed by atoms with E-state index in [1.165, 1.54) is 12.8 Å². The molecule has 2 nitrogen and oxygen atoms in total. The molecule has 74 valence electrons. The number of nitrogens with zero attached hydrogens (tertiary/aromatic N) is 1. The molecule has 0 radical (unpaired) electrons. The predicted molar refractivity (Wildman–Crippen MR) is 63.4 cm³/mol. The summed E-state index contributed by atoms with van der Waals surface area (Å²) in [5.74, 6) is 0. The molecular weight excluding hydrogens is 192 g/mol. The van der Waals surface area contributed by atoms with Crippen LogP contribution in [-0.2, 0) is 0 Å². The molecule has 1 aliphatic carbocycles. The fraction of sp³-hybridized carbons (Fsp3) is 0.364. The van der Waals surface area contributed by atoms with E-state index in [0.29, 0.717) is 6.04 Å². The van der Waals surface area contributed by atoms with E-state index in [1.807, 2.05) is 30.3 Å². The number of para-hydroxylation sites is 1. The Morgan fingerprint density at radius 3 is 2.57 bits per heavy atom. The molecule has 1 fully saturated rings. The number of benzene rings is 1. The molecule has 0 amide bonds. The highest BCUT2D eigenvalue weighted by Gasteiger charge is 2.27. The monoisotopic (exact) mass is 206 g/mol. The molecule has 0 unspecified atom stereocenters. The largest absolute Gasteiger partial charge is 0.349 e. The Morgan fingerprint density at radius 2 is 2.00 bits per heavy atom. The maximum absolute atomic E-state index is 5.29. The molecule has 1 aliphatic rings. The third-order valence-electron chi connectivity index (χ3n) is 2.44. The summed E-state index contributed by atoms with van der Waals surface area (Å²) in [6.07, 6.45) is 2.54. The van der Waals surface area contributed by atoms with E-state index >= 15 is 0 Å². The van der Waals surface area contributed by atoms with Gasteiger partial charge in [0.05, 0.1) is 0 Å². The Labute approximate surface area is 89.9 Å². The van der Waals surface area contributed by atoms with E-state index in [9.17, 15) is 0 Å². The zero-order valence-corrected chi connectivity index (χ0v) is 9.05. The summed E-state index contributed by atoms with van der Waals surface area (Å²) in [6, 6.07) is 10.7. The van der Waals surface area contributed by atoms with E-state index in [2.05, 4.69) is 17.3 Å². The van der Waals surface area contributed by atoms with Gasteiger partial charge in [-0.3, -0.25) is 0 Å². The van der Waals surface area contributed by atoms with Gasteiger partial charge in [0.25, 0.3) is 0 Å². The molecule has 1 aromatic carbocycles. The second-order valence-electron chi connectivity index (χ2n) is 3.64. The Kier molecular flexibility index (Phi) is 2.68. The number of rotatable bonds is 2. The zero-order valence-electron chi connectivity index (χ0n) is 8.23. The zero-order chi connectivity index (χ0) is 9.97. The van der Waals surface area contributed by atoms with E-state index in [1.54, 1.807) is 0 Å². The maximum atomic E-state index is 5.29. The van der Waals surface area contributed by atoms with Crippen LogP contribution in [0.5, 0.6) is 0 Å². The Balaban J connectivity index is 1.94. The summed E-state index contributed by atoms with van der Waals surface area (Å²) >= 11 is 5.29. The molecular formula is C11H14N2S. The maximum Gasteiger partial charge on any atom is 0.173 e. The molecule has 2 rings (SSSR count). The predicted octanol–water partition coefficient (Wildman–Crippen LogP) is 2.48. The highest BCUT2D eigenvalue weighted by molar-refractivity contribution is 7.80. The first-order valence-corrected chi connectivity index (χ1v) is 5.27. The van der Waals surface area contributed by atoms with Crippen LogP contribution in [0.4, 0.5) is 5.69 Å². The van der Waals surface area contributed by atoms with E-state index < -0.39 is 0 Å². The minimum Gasteiger partial charge on any atom is -0.349 e. The van der Waals surface area contributed by atoms with Crippen LogP contribution in [0.25, 0.3) is 0 Å². The molecule has 0 atom stereocenters. The van der Waals surface area contributed by atoms with Crippen molar-refractivity contribution in [1.82, 2.24) is 4.90 Å². The summed E-state index contributed by atoms with van der Waals surface area (Å²) in [6.45, 7) is 0. The van der Waals surface area contributed by atoms with E-state index in [4.69, 9.17) is 12.2 Å². The highest BCUT2D eigenvalue weighted by atomic mass is 32.1. The topological polar surface area (TPSA) is 15.3 Å². The minimum atomic E-state index is 0.665. The first-order valence-electron chi connectivity index (χ1n) is 4.86. The molecule has 0 spiro atoms. The number of hydrogen-bond donors (Lipinski definition) is 1.